The van der Waals surface area contributed by atoms with Crippen LogP contribution in [0, 0.1) is 0 Å². The van der Waals surface area contributed by atoms with Crippen molar-refractivity contribution < 1.29 is 24.5 Å². The SMILES string of the molecule is CCCCCCCCCCCCCCCCCCCC(=O)OCCCCCCCCCCCCCCCCCCC(=O)NC(CO)C(O)CCCCCCCCCCCCCC. The second-order valence-electron chi connectivity index (χ2n) is 19.6. The standard InChI is InChI=1S/C56H111NO5/c1-3-5-7-9-11-13-15-17-18-19-23-26-30-34-38-42-46-50-56(61)62-51-47-43-39-35-31-27-24-21-20-22-25-29-33-37-41-45-49-55(60)57-53(52-58)54(59)48-44-40-36-32-28-16-14-12-10-8-6-4-2/h53-54,58-59H,3-52H2,1-2H3,(H,57,60). The highest BCUT2D eigenvalue weighted by molar-refractivity contribution is 5.76. The van der Waals surface area contributed by atoms with E-state index in [1.165, 1.54) is 250 Å². The Kier molecular flexibility index (Phi) is 51.5. The predicted octanol–water partition coefficient (Wildman–Crippen LogP) is 17.1. The number of amides is 1. The molecule has 0 aliphatic rings. The van der Waals surface area contributed by atoms with E-state index in [1.54, 1.807) is 0 Å². The van der Waals surface area contributed by atoms with Crippen molar-refractivity contribution in [2.75, 3.05) is 13.2 Å². The van der Waals surface area contributed by atoms with Gasteiger partial charge < -0.3 is 20.3 Å². The molecular formula is C56H111NO5. The van der Waals surface area contributed by atoms with E-state index in [1.807, 2.05) is 0 Å². The summed E-state index contributed by atoms with van der Waals surface area (Å²) < 4.78 is 5.49. The highest BCUT2D eigenvalue weighted by Crippen LogP contribution is 2.18. The van der Waals surface area contributed by atoms with Crippen LogP contribution in [0.15, 0.2) is 0 Å². The van der Waals surface area contributed by atoms with E-state index in [9.17, 15) is 19.8 Å². The van der Waals surface area contributed by atoms with Gasteiger partial charge in [-0.05, 0) is 25.7 Å². The van der Waals surface area contributed by atoms with Crippen molar-refractivity contribution >= 4 is 11.9 Å². The first kappa shape index (κ1) is 60.9. The smallest absolute Gasteiger partial charge is 0.305 e. The lowest BCUT2D eigenvalue weighted by Crippen LogP contribution is -2.45. The van der Waals surface area contributed by atoms with Crippen molar-refractivity contribution in [3.05, 3.63) is 0 Å². The van der Waals surface area contributed by atoms with Gasteiger partial charge in [-0.2, -0.15) is 0 Å². The zero-order valence-corrected chi connectivity index (χ0v) is 42.1. The van der Waals surface area contributed by atoms with Gasteiger partial charge in [-0.25, -0.2) is 0 Å². The van der Waals surface area contributed by atoms with Crippen LogP contribution in [0.4, 0.5) is 0 Å². The normalized spacial score (nSPS) is 12.5. The van der Waals surface area contributed by atoms with Crippen molar-refractivity contribution in [3.63, 3.8) is 0 Å². The summed E-state index contributed by atoms with van der Waals surface area (Å²) in [4.78, 5) is 24.5. The third-order valence-electron chi connectivity index (χ3n) is 13.4. The highest BCUT2D eigenvalue weighted by atomic mass is 16.5. The first-order chi connectivity index (χ1) is 30.5. The summed E-state index contributed by atoms with van der Waals surface area (Å²) in [5.41, 5.74) is 0. The maximum atomic E-state index is 12.4. The molecule has 0 radical (unpaired) electrons. The first-order valence-electron chi connectivity index (χ1n) is 28.3. The Morgan fingerprint density at radius 3 is 0.984 bits per heavy atom. The van der Waals surface area contributed by atoms with Crippen LogP contribution in [0.1, 0.15) is 322 Å². The molecule has 62 heavy (non-hydrogen) atoms. The fourth-order valence-corrected chi connectivity index (χ4v) is 9.05. The molecule has 6 nitrogen and oxygen atoms in total. The van der Waals surface area contributed by atoms with Crippen molar-refractivity contribution in [2.24, 2.45) is 0 Å². The van der Waals surface area contributed by atoms with E-state index < -0.39 is 12.1 Å². The molecule has 2 unspecified atom stereocenters. The molecule has 0 aromatic heterocycles. The first-order valence-corrected chi connectivity index (χ1v) is 28.3. The van der Waals surface area contributed by atoms with Crippen LogP contribution in [0.3, 0.4) is 0 Å². The van der Waals surface area contributed by atoms with Crippen molar-refractivity contribution in [2.45, 2.75) is 334 Å². The van der Waals surface area contributed by atoms with Crippen LogP contribution in [0.25, 0.3) is 0 Å². The average molecular weight is 879 g/mol. The molecule has 0 aliphatic heterocycles. The van der Waals surface area contributed by atoms with Crippen LogP contribution in [0.5, 0.6) is 0 Å². The van der Waals surface area contributed by atoms with Crippen LogP contribution < -0.4 is 5.32 Å². The van der Waals surface area contributed by atoms with Gasteiger partial charge in [-0.15, -0.1) is 0 Å². The number of esters is 1. The molecule has 3 N–H and O–H groups in total. The molecule has 0 heterocycles. The second kappa shape index (κ2) is 52.5. The highest BCUT2D eigenvalue weighted by Gasteiger charge is 2.20. The van der Waals surface area contributed by atoms with E-state index in [2.05, 4.69) is 19.2 Å². The minimum Gasteiger partial charge on any atom is -0.466 e. The zero-order chi connectivity index (χ0) is 45.1. The summed E-state index contributed by atoms with van der Waals surface area (Å²) in [6.07, 6.45) is 59.4. The minimum atomic E-state index is -0.666. The lowest BCUT2D eigenvalue weighted by atomic mass is 10.0. The Morgan fingerprint density at radius 1 is 0.387 bits per heavy atom. The van der Waals surface area contributed by atoms with Crippen LogP contribution in [-0.2, 0) is 14.3 Å². The van der Waals surface area contributed by atoms with Gasteiger partial charge in [0, 0.05) is 12.8 Å². The number of hydrogen-bond acceptors (Lipinski definition) is 5. The van der Waals surface area contributed by atoms with Gasteiger partial charge >= 0.3 is 5.97 Å². The molecule has 0 aliphatic carbocycles. The Labute approximate surface area is 387 Å². The molecule has 0 aromatic rings. The molecule has 370 valence electrons. The van der Waals surface area contributed by atoms with Gasteiger partial charge in [0.2, 0.25) is 5.91 Å². The number of carbonyl (C=O) groups is 2. The van der Waals surface area contributed by atoms with Crippen molar-refractivity contribution in [1.82, 2.24) is 5.32 Å². The quantitative estimate of drug-likeness (QED) is 0.0418. The monoisotopic (exact) mass is 878 g/mol. The summed E-state index contributed by atoms with van der Waals surface area (Å²) >= 11 is 0. The minimum absolute atomic E-state index is 0.00782. The lowest BCUT2D eigenvalue weighted by molar-refractivity contribution is -0.143. The van der Waals surface area contributed by atoms with Crippen molar-refractivity contribution in [1.29, 1.82) is 0 Å². The molecule has 0 aromatic carbocycles. The van der Waals surface area contributed by atoms with Gasteiger partial charge in [0.1, 0.15) is 0 Å². The van der Waals surface area contributed by atoms with Crippen LogP contribution in [-0.4, -0.2) is 47.4 Å². The summed E-state index contributed by atoms with van der Waals surface area (Å²) in [7, 11) is 0. The number of nitrogens with one attached hydrogen (secondary N) is 1. The van der Waals surface area contributed by atoms with Gasteiger partial charge in [0.05, 0.1) is 25.4 Å². The topological polar surface area (TPSA) is 95.9 Å². The Hall–Kier alpha value is -1.14. The second-order valence-corrected chi connectivity index (χ2v) is 19.6. The number of carbonyl (C=O) groups excluding carboxylic acids is 2. The van der Waals surface area contributed by atoms with Crippen molar-refractivity contribution in [3.8, 4) is 0 Å². The largest absolute Gasteiger partial charge is 0.466 e. The summed E-state index contributed by atoms with van der Waals surface area (Å²) in [6, 6.07) is -0.544. The number of unbranched alkanes of at least 4 members (excludes halogenated alkanes) is 42. The zero-order valence-electron chi connectivity index (χ0n) is 42.1. The molecule has 0 fully saturated rings. The third kappa shape index (κ3) is 48.3. The Balaban J connectivity index is 3.38. The molecule has 0 bridgehead atoms. The molecule has 0 spiro atoms. The fraction of sp³-hybridized carbons (Fsp3) is 0.964. The van der Waals surface area contributed by atoms with E-state index in [0.717, 1.165) is 38.5 Å². The number of rotatable bonds is 53. The third-order valence-corrected chi connectivity index (χ3v) is 13.4. The van der Waals surface area contributed by atoms with Crippen LogP contribution >= 0.6 is 0 Å². The summed E-state index contributed by atoms with van der Waals surface area (Å²) in [6.45, 7) is 4.96. The van der Waals surface area contributed by atoms with Gasteiger partial charge in [-0.1, -0.05) is 284 Å². The maximum absolute atomic E-state index is 12.4. The van der Waals surface area contributed by atoms with Gasteiger partial charge in [0.25, 0.3) is 0 Å². The summed E-state index contributed by atoms with van der Waals surface area (Å²) in [5, 5.41) is 23.2. The van der Waals surface area contributed by atoms with E-state index in [-0.39, 0.29) is 18.5 Å². The van der Waals surface area contributed by atoms with E-state index in [0.29, 0.717) is 25.9 Å². The fourth-order valence-electron chi connectivity index (χ4n) is 9.05. The molecule has 1 amide bonds. The summed E-state index contributed by atoms with van der Waals surface area (Å²) in [5.74, 6) is -0.0326. The predicted molar refractivity (Wildman–Crippen MR) is 269 cm³/mol. The van der Waals surface area contributed by atoms with E-state index in [4.69, 9.17) is 4.74 Å². The van der Waals surface area contributed by atoms with Gasteiger partial charge in [0.15, 0.2) is 0 Å². The van der Waals surface area contributed by atoms with Crippen LogP contribution in [0.2, 0.25) is 0 Å². The Bertz CT molecular complexity index is 882. The molecule has 6 heteroatoms. The molecule has 0 saturated carbocycles. The average Bonchev–Trinajstić information content (AvgIpc) is 3.27. The lowest BCUT2D eigenvalue weighted by Gasteiger charge is -2.22. The molecular weight excluding hydrogens is 767 g/mol. The number of aliphatic hydroxyl groups excluding tert-OH is 2. The molecule has 2 atom stereocenters. The Morgan fingerprint density at radius 2 is 0.661 bits per heavy atom. The number of hydrogen-bond donors (Lipinski definition) is 3. The molecule has 0 saturated heterocycles. The maximum Gasteiger partial charge on any atom is 0.305 e. The van der Waals surface area contributed by atoms with E-state index >= 15 is 0 Å². The molecule has 0 rings (SSSR count). The number of ether oxygens (including phenoxy) is 1. The van der Waals surface area contributed by atoms with Gasteiger partial charge in [-0.3, -0.25) is 9.59 Å². The number of aliphatic hydroxyl groups is 2.